The van der Waals surface area contributed by atoms with Crippen molar-refractivity contribution in [2.45, 2.75) is 6.42 Å². The lowest BCUT2D eigenvalue weighted by atomic mass is 10.2. The summed E-state index contributed by atoms with van der Waals surface area (Å²) in [5.41, 5.74) is 6.30. The van der Waals surface area contributed by atoms with Gasteiger partial charge in [0.05, 0.1) is 11.1 Å². The number of nitrogens with two attached hydrogens (primary N) is 1. The van der Waals surface area contributed by atoms with Gasteiger partial charge in [-0.05, 0) is 18.7 Å². The summed E-state index contributed by atoms with van der Waals surface area (Å²) in [5.74, 6) is -0.367. The summed E-state index contributed by atoms with van der Waals surface area (Å²) in [5, 5.41) is 17.8. The summed E-state index contributed by atoms with van der Waals surface area (Å²) in [4.78, 5) is 15.0. The Bertz CT molecular complexity index is 624. The summed E-state index contributed by atoms with van der Waals surface area (Å²) in [6.07, 6.45) is 2.13. The highest BCUT2D eigenvalue weighted by Crippen LogP contribution is 2.15. The molecule has 2 aromatic heterocycles. The number of rotatable bonds is 3. The largest absolute Gasteiger partial charge is 0.478 e. The zero-order chi connectivity index (χ0) is 12.4. The molecule has 3 N–H and O–H groups in total. The molecule has 6 heteroatoms. The van der Waals surface area contributed by atoms with E-state index < -0.39 is 5.97 Å². The molecule has 2 aromatic rings. The molecule has 0 aliphatic rings. The van der Waals surface area contributed by atoms with Gasteiger partial charge in [-0.1, -0.05) is 0 Å². The van der Waals surface area contributed by atoms with E-state index in [0.717, 1.165) is 0 Å². The second kappa shape index (κ2) is 4.23. The molecule has 0 aliphatic carbocycles. The van der Waals surface area contributed by atoms with Crippen LogP contribution in [0.3, 0.4) is 0 Å². The zero-order valence-electron chi connectivity index (χ0n) is 8.92. The maximum absolute atomic E-state index is 10.8. The molecule has 0 bridgehead atoms. The molecule has 86 valence electrons. The molecule has 0 fully saturated rings. The quantitative estimate of drug-likeness (QED) is 0.794. The number of pyridine rings is 1. The molecule has 0 saturated heterocycles. The SMILES string of the molecule is N#Cc1nc(CCN)n2ccc(C(=O)O)cc12. The van der Waals surface area contributed by atoms with Crippen molar-refractivity contribution < 1.29 is 9.90 Å². The van der Waals surface area contributed by atoms with Crippen molar-refractivity contribution in [3.63, 3.8) is 0 Å². The molecular formula is C11H10N4O2. The Morgan fingerprint density at radius 1 is 1.65 bits per heavy atom. The van der Waals surface area contributed by atoms with E-state index >= 15 is 0 Å². The standard InChI is InChI=1S/C11H10N4O2/c12-3-1-10-14-8(6-13)9-5-7(11(16)17)2-4-15(9)10/h2,4-5H,1,3,12H2,(H,16,17). The van der Waals surface area contributed by atoms with Crippen LogP contribution in [0.5, 0.6) is 0 Å². The molecule has 0 saturated carbocycles. The first-order valence-electron chi connectivity index (χ1n) is 5.02. The highest BCUT2D eigenvalue weighted by Gasteiger charge is 2.12. The summed E-state index contributed by atoms with van der Waals surface area (Å²) < 4.78 is 1.69. The molecule has 0 aromatic carbocycles. The smallest absolute Gasteiger partial charge is 0.335 e. The third-order valence-electron chi connectivity index (χ3n) is 2.44. The Morgan fingerprint density at radius 2 is 2.41 bits per heavy atom. The predicted octanol–water partition coefficient (Wildman–Crippen LogP) is 0.405. The van der Waals surface area contributed by atoms with E-state index in [1.807, 2.05) is 6.07 Å². The van der Waals surface area contributed by atoms with Gasteiger partial charge >= 0.3 is 5.97 Å². The van der Waals surface area contributed by atoms with Crippen molar-refractivity contribution in [3.8, 4) is 6.07 Å². The van der Waals surface area contributed by atoms with Gasteiger partial charge in [0.25, 0.3) is 0 Å². The Kier molecular flexibility index (Phi) is 2.77. The number of fused-ring (bicyclic) bond motifs is 1. The third-order valence-corrected chi connectivity index (χ3v) is 2.44. The summed E-state index contributed by atoms with van der Waals surface area (Å²) in [6, 6.07) is 4.86. The van der Waals surface area contributed by atoms with E-state index in [9.17, 15) is 4.79 Å². The van der Waals surface area contributed by atoms with Crippen molar-refractivity contribution in [3.05, 3.63) is 35.4 Å². The van der Waals surface area contributed by atoms with Crippen LogP contribution in [0.1, 0.15) is 21.9 Å². The summed E-state index contributed by atoms with van der Waals surface area (Å²) in [6.45, 7) is 0.421. The number of carbonyl (C=O) groups is 1. The second-order valence-corrected chi connectivity index (χ2v) is 3.50. The van der Waals surface area contributed by atoms with Crippen molar-refractivity contribution in [2.24, 2.45) is 5.73 Å². The van der Waals surface area contributed by atoms with Crippen LogP contribution in [0.2, 0.25) is 0 Å². The molecule has 0 aliphatic heterocycles. The van der Waals surface area contributed by atoms with Gasteiger partial charge in [0, 0.05) is 12.6 Å². The molecule has 0 spiro atoms. The van der Waals surface area contributed by atoms with Crippen LogP contribution in [0.15, 0.2) is 18.3 Å². The first-order valence-corrected chi connectivity index (χ1v) is 5.02. The molecule has 0 amide bonds. The minimum Gasteiger partial charge on any atom is -0.478 e. The van der Waals surface area contributed by atoms with Crippen molar-refractivity contribution >= 4 is 11.5 Å². The van der Waals surface area contributed by atoms with Crippen LogP contribution in [0.25, 0.3) is 5.52 Å². The fourth-order valence-electron chi connectivity index (χ4n) is 1.67. The Hall–Kier alpha value is -2.39. The Labute approximate surface area is 96.9 Å². The molecule has 2 heterocycles. The lowest BCUT2D eigenvalue weighted by Crippen LogP contribution is -2.06. The van der Waals surface area contributed by atoms with Crippen molar-refractivity contribution in [1.82, 2.24) is 9.38 Å². The van der Waals surface area contributed by atoms with E-state index in [-0.39, 0.29) is 11.3 Å². The van der Waals surface area contributed by atoms with Crippen LogP contribution >= 0.6 is 0 Å². The van der Waals surface area contributed by atoms with E-state index in [1.54, 1.807) is 10.6 Å². The maximum Gasteiger partial charge on any atom is 0.335 e. The van der Waals surface area contributed by atoms with Gasteiger partial charge in [-0.25, -0.2) is 9.78 Å². The molecular weight excluding hydrogens is 220 g/mol. The molecule has 6 nitrogen and oxygen atoms in total. The molecule has 2 rings (SSSR count). The first kappa shape index (κ1) is 11.1. The average Bonchev–Trinajstić information content (AvgIpc) is 2.67. The Balaban J connectivity index is 2.68. The van der Waals surface area contributed by atoms with Gasteiger partial charge in [0.1, 0.15) is 11.9 Å². The number of nitrogens with zero attached hydrogens (tertiary/aromatic N) is 3. The van der Waals surface area contributed by atoms with Crippen LogP contribution in [0.4, 0.5) is 0 Å². The van der Waals surface area contributed by atoms with Crippen LogP contribution < -0.4 is 5.73 Å². The average molecular weight is 230 g/mol. The second-order valence-electron chi connectivity index (χ2n) is 3.50. The number of aromatic nitrogens is 2. The van der Waals surface area contributed by atoms with Gasteiger partial charge in [0.15, 0.2) is 5.69 Å². The summed E-state index contributed by atoms with van der Waals surface area (Å²) >= 11 is 0. The maximum atomic E-state index is 10.8. The Morgan fingerprint density at radius 3 is 3.00 bits per heavy atom. The van der Waals surface area contributed by atoms with Gasteiger partial charge in [0.2, 0.25) is 0 Å². The topological polar surface area (TPSA) is 104 Å². The number of carboxylic acids is 1. The number of imidazole rings is 1. The van der Waals surface area contributed by atoms with E-state index in [0.29, 0.717) is 24.3 Å². The number of nitriles is 1. The summed E-state index contributed by atoms with van der Waals surface area (Å²) in [7, 11) is 0. The molecule has 0 atom stereocenters. The number of carboxylic acid groups (broad SMARTS) is 1. The normalized spacial score (nSPS) is 10.4. The van der Waals surface area contributed by atoms with Crippen molar-refractivity contribution in [1.29, 1.82) is 5.26 Å². The highest BCUT2D eigenvalue weighted by molar-refractivity contribution is 5.89. The number of hydrogen-bond donors (Lipinski definition) is 2. The fraction of sp³-hybridized carbons (Fsp3) is 0.182. The van der Waals surface area contributed by atoms with Crippen LogP contribution in [-0.2, 0) is 6.42 Å². The number of aromatic carboxylic acids is 1. The van der Waals surface area contributed by atoms with E-state index in [2.05, 4.69) is 4.98 Å². The lowest BCUT2D eigenvalue weighted by molar-refractivity contribution is 0.0697. The predicted molar refractivity (Wildman–Crippen MR) is 59.6 cm³/mol. The third kappa shape index (κ3) is 1.84. The van der Waals surface area contributed by atoms with Crippen LogP contribution in [0, 0.1) is 11.3 Å². The van der Waals surface area contributed by atoms with Gasteiger partial charge in [-0.3, -0.25) is 0 Å². The monoisotopic (exact) mass is 230 g/mol. The van der Waals surface area contributed by atoms with Gasteiger partial charge < -0.3 is 15.2 Å². The molecule has 17 heavy (non-hydrogen) atoms. The van der Waals surface area contributed by atoms with E-state index in [1.165, 1.54) is 12.1 Å². The molecule has 0 radical (unpaired) electrons. The zero-order valence-corrected chi connectivity index (χ0v) is 8.92. The minimum absolute atomic E-state index is 0.133. The number of hydrogen-bond acceptors (Lipinski definition) is 4. The minimum atomic E-state index is -1.03. The van der Waals surface area contributed by atoms with Gasteiger partial charge in [-0.2, -0.15) is 5.26 Å². The van der Waals surface area contributed by atoms with Gasteiger partial charge in [-0.15, -0.1) is 0 Å². The van der Waals surface area contributed by atoms with E-state index in [4.69, 9.17) is 16.1 Å². The lowest BCUT2D eigenvalue weighted by Gasteiger charge is -2.00. The highest BCUT2D eigenvalue weighted by atomic mass is 16.4. The fourth-order valence-corrected chi connectivity index (χ4v) is 1.67. The molecule has 0 unspecified atom stereocenters. The van der Waals surface area contributed by atoms with Crippen molar-refractivity contribution in [2.75, 3.05) is 6.54 Å². The first-order chi connectivity index (χ1) is 8.17. The van der Waals surface area contributed by atoms with Crippen LogP contribution in [-0.4, -0.2) is 27.0 Å².